The SMILES string of the molecule is COc1cc(Cn2cc(I)cn2)ccc1C(N)=S. The normalized spacial score (nSPS) is 10.3. The summed E-state index contributed by atoms with van der Waals surface area (Å²) in [7, 11) is 1.61. The molecule has 0 aliphatic heterocycles. The second-order valence-corrected chi connectivity index (χ2v) is 5.44. The molecular formula is C12H12IN3OS. The number of aromatic nitrogens is 2. The summed E-state index contributed by atoms with van der Waals surface area (Å²) in [6.07, 6.45) is 3.80. The van der Waals surface area contributed by atoms with Crippen molar-refractivity contribution in [1.29, 1.82) is 0 Å². The minimum Gasteiger partial charge on any atom is -0.496 e. The van der Waals surface area contributed by atoms with Crippen LogP contribution in [0.5, 0.6) is 5.75 Å². The van der Waals surface area contributed by atoms with Gasteiger partial charge in [-0.05, 0) is 40.3 Å². The molecule has 94 valence electrons. The summed E-state index contributed by atoms with van der Waals surface area (Å²) in [5.41, 5.74) is 7.47. The van der Waals surface area contributed by atoms with E-state index in [1.54, 1.807) is 7.11 Å². The molecule has 1 aromatic carbocycles. The number of benzene rings is 1. The Kier molecular flexibility index (Phi) is 4.18. The Morgan fingerprint density at radius 3 is 2.89 bits per heavy atom. The van der Waals surface area contributed by atoms with Gasteiger partial charge < -0.3 is 10.5 Å². The number of hydrogen-bond donors (Lipinski definition) is 1. The number of methoxy groups -OCH3 is 1. The van der Waals surface area contributed by atoms with Crippen LogP contribution in [-0.2, 0) is 6.54 Å². The average Bonchev–Trinajstić information content (AvgIpc) is 2.74. The first-order valence-electron chi connectivity index (χ1n) is 5.25. The van der Waals surface area contributed by atoms with Gasteiger partial charge in [0.15, 0.2) is 0 Å². The van der Waals surface area contributed by atoms with Crippen LogP contribution >= 0.6 is 34.8 Å². The van der Waals surface area contributed by atoms with Crippen LogP contribution in [0.2, 0.25) is 0 Å². The monoisotopic (exact) mass is 373 g/mol. The molecule has 0 saturated carbocycles. The van der Waals surface area contributed by atoms with E-state index in [-0.39, 0.29) is 0 Å². The molecule has 18 heavy (non-hydrogen) atoms. The van der Waals surface area contributed by atoms with Crippen LogP contribution < -0.4 is 10.5 Å². The number of rotatable bonds is 4. The van der Waals surface area contributed by atoms with E-state index in [9.17, 15) is 0 Å². The third-order valence-corrected chi connectivity index (χ3v) is 3.25. The summed E-state index contributed by atoms with van der Waals surface area (Å²) in [5.74, 6) is 0.696. The summed E-state index contributed by atoms with van der Waals surface area (Å²) in [6.45, 7) is 0.691. The molecule has 0 aliphatic carbocycles. The molecule has 0 atom stereocenters. The standard InChI is InChI=1S/C12H12IN3OS/c1-17-11-4-8(2-3-10(11)12(14)18)6-16-7-9(13)5-15-16/h2-5,7H,6H2,1H3,(H2,14,18). The van der Waals surface area contributed by atoms with Crippen molar-refractivity contribution in [1.82, 2.24) is 9.78 Å². The van der Waals surface area contributed by atoms with E-state index in [2.05, 4.69) is 27.7 Å². The Morgan fingerprint density at radius 1 is 1.56 bits per heavy atom. The highest BCUT2D eigenvalue weighted by Crippen LogP contribution is 2.20. The fraction of sp³-hybridized carbons (Fsp3) is 0.167. The fourth-order valence-corrected chi connectivity index (χ4v) is 2.26. The number of nitrogens with zero attached hydrogens (tertiary/aromatic N) is 2. The Morgan fingerprint density at radius 2 is 2.33 bits per heavy atom. The van der Waals surface area contributed by atoms with Crippen LogP contribution in [-0.4, -0.2) is 21.9 Å². The zero-order chi connectivity index (χ0) is 13.1. The smallest absolute Gasteiger partial charge is 0.129 e. The molecule has 0 amide bonds. The van der Waals surface area contributed by atoms with Crippen molar-refractivity contribution >= 4 is 39.8 Å². The summed E-state index contributed by atoms with van der Waals surface area (Å²) in [5, 5.41) is 4.24. The van der Waals surface area contributed by atoms with E-state index in [0.29, 0.717) is 17.3 Å². The summed E-state index contributed by atoms with van der Waals surface area (Å²) in [4.78, 5) is 0.340. The molecule has 0 spiro atoms. The minimum atomic E-state index is 0.340. The predicted molar refractivity (Wildman–Crippen MR) is 82.9 cm³/mol. The zero-order valence-corrected chi connectivity index (χ0v) is 12.7. The highest BCUT2D eigenvalue weighted by molar-refractivity contribution is 14.1. The van der Waals surface area contributed by atoms with Gasteiger partial charge in [0.25, 0.3) is 0 Å². The molecule has 0 bridgehead atoms. The van der Waals surface area contributed by atoms with Gasteiger partial charge in [-0.15, -0.1) is 0 Å². The molecule has 1 aromatic heterocycles. The molecule has 0 radical (unpaired) electrons. The minimum absolute atomic E-state index is 0.340. The quantitative estimate of drug-likeness (QED) is 0.660. The maximum atomic E-state index is 5.63. The fourth-order valence-electron chi connectivity index (χ4n) is 1.65. The lowest BCUT2D eigenvalue weighted by Gasteiger charge is -2.09. The number of thiocarbonyl (C=S) groups is 1. The average molecular weight is 373 g/mol. The maximum Gasteiger partial charge on any atom is 0.129 e. The molecule has 6 heteroatoms. The molecule has 2 rings (SSSR count). The first-order valence-corrected chi connectivity index (χ1v) is 6.73. The summed E-state index contributed by atoms with van der Waals surface area (Å²) in [6, 6.07) is 5.79. The van der Waals surface area contributed by atoms with E-state index >= 15 is 0 Å². The molecule has 1 heterocycles. The molecule has 2 N–H and O–H groups in total. The van der Waals surface area contributed by atoms with Crippen molar-refractivity contribution < 1.29 is 4.74 Å². The Hall–Kier alpha value is -1.15. The van der Waals surface area contributed by atoms with Crippen molar-refractivity contribution in [3.8, 4) is 5.75 Å². The zero-order valence-electron chi connectivity index (χ0n) is 9.76. The van der Waals surface area contributed by atoms with Crippen molar-refractivity contribution in [3.05, 3.63) is 45.3 Å². The molecule has 0 aliphatic rings. The van der Waals surface area contributed by atoms with Crippen LogP contribution in [0.25, 0.3) is 0 Å². The Balaban J connectivity index is 2.27. The third kappa shape index (κ3) is 2.99. The second kappa shape index (κ2) is 5.66. The van der Waals surface area contributed by atoms with Crippen molar-refractivity contribution in [2.75, 3.05) is 7.11 Å². The third-order valence-electron chi connectivity index (χ3n) is 2.48. The van der Waals surface area contributed by atoms with Gasteiger partial charge in [0.1, 0.15) is 10.7 Å². The van der Waals surface area contributed by atoms with Crippen molar-refractivity contribution in [2.45, 2.75) is 6.54 Å². The molecule has 0 unspecified atom stereocenters. The van der Waals surface area contributed by atoms with Gasteiger partial charge in [0.2, 0.25) is 0 Å². The molecular weight excluding hydrogens is 361 g/mol. The van der Waals surface area contributed by atoms with E-state index in [1.807, 2.05) is 35.3 Å². The summed E-state index contributed by atoms with van der Waals surface area (Å²) < 4.78 is 8.27. The van der Waals surface area contributed by atoms with Crippen molar-refractivity contribution in [3.63, 3.8) is 0 Å². The number of ether oxygens (including phenoxy) is 1. The second-order valence-electron chi connectivity index (χ2n) is 3.76. The van der Waals surface area contributed by atoms with Gasteiger partial charge in [-0.3, -0.25) is 4.68 Å². The van der Waals surface area contributed by atoms with Crippen LogP contribution in [0.3, 0.4) is 0 Å². The van der Waals surface area contributed by atoms with E-state index in [0.717, 1.165) is 14.7 Å². The molecule has 4 nitrogen and oxygen atoms in total. The lowest BCUT2D eigenvalue weighted by molar-refractivity contribution is 0.413. The first-order chi connectivity index (χ1) is 8.60. The topological polar surface area (TPSA) is 53.1 Å². The number of hydrogen-bond acceptors (Lipinski definition) is 3. The van der Waals surface area contributed by atoms with Gasteiger partial charge >= 0.3 is 0 Å². The number of halogens is 1. The first kappa shape index (κ1) is 13.3. The summed E-state index contributed by atoms with van der Waals surface area (Å²) >= 11 is 7.20. The van der Waals surface area contributed by atoms with Gasteiger partial charge in [0.05, 0.1) is 29.0 Å². The van der Waals surface area contributed by atoms with Crippen molar-refractivity contribution in [2.24, 2.45) is 5.73 Å². The maximum absolute atomic E-state index is 5.63. The molecule has 0 fully saturated rings. The van der Waals surface area contributed by atoms with Crippen LogP contribution in [0.4, 0.5) is 0 Å². The van der Waals surface area contributed by atoms with Crippen LogP contribution in [0, 0.1) is 3.57 Å². The van der Waals surface area contributed by atoms with E-state index in [1.165, 1.54) is 0 Å². The highest BCUT2D eigenvalue weighted by Gasteiger charge is 2.07. The largest absolute Gasteiger partial charge is 0.496 e. The van der Waals surface area contributed by atoms with E-state index in [4.69, 9.17) is 22.7 Å². The van der Waals surface area contributed by atoms with Gasteiger partial charge in [-0.25, -0.2) is 0 Å². The van der Waals surface area contributed by atoms with Gasteiger partial charge in [0, 0.05) is 6.20 Å². The van der Waals surface area contributed by atoms with E-state index < -0.39 is 0 Å². The lowest BCUT2D eigenvalue weighted by Crippen LogP contribution is -2.11. The Labute approximate surface area is 124 Å². The van der Waals surface area contributed by atoms with Crippen LogP contribution in [0.1, 0.15) is 11.1 Å². The molecule has 0 saturated heterocycles. The Bertz CT molecular complexity index is 582. The predicted octanol–water partition coefficient (Wildman–Crippen LogP) is 2.18. The van der Waals surface area contributed by atoms with Crippen LogP contribution in [0.15, 0.2) is 30.6 Å². The molecule has 2 aromatic rings. The highest BCUT2D eigenvalue weighted by atomic mass is 127. The van der Waals surface area contributed by atoms with Gasteiger partial charge in [-0.2, -0.15) is 5.10 Å². The van der Waals surface area contributed by atoms with Gasteiger partial charge in [-0.1, -0.05) is 18.3 Å². The lowest BCUT2D eigenvalue weighted by atomic mass is 10.1. The number of nitrogens with two attached hydrogens (primary N) is 1.